The number of fused-ring (bicyclic) bond motifs is 1. The van der Waals surface area contributed by atoms with Crippen molar-refractivity contribution < 1.29 is 20.1 Å². The number of Topliss-reactive ketones (excluding diaryl/α,β-unsaturated/α-hetero) is 1. The number of hydrogen-bond acceptors (Lipinski definition) is 5. The van der Waals surface area contributed by atoms with Crippen LogP contribution in [0.15, 0.2) is 18.3 Å². The third-order valence-corrected chi connectivity index (χ3v) is 4.37. The lowest BCUT2D eigenvalue weighted by Crippen LogP contribution is -2.51. The quantitative estimate of drug-likeness (QED) is 0.814. The topological polar surface area (TPSA) is 94.8 Å². The van der Waals surface area contributed by atoms with E-state index in [1.165, 1.54) is 21.8 Å². The number of aryl methyl sites for hydroxylation is 2. The maximum Gasteiger partial charge on any atom is 0.348 e. The fourth-order valence-electron chi connectivity index (χ4n) is 2.11. The Hall–Kier alpha value is -1.97. The van der Waals surface area contributed by atoms with E-state index in [0.29, 0.717) is 4.88 Å². The van der Waals surface area contributed by atoms with Crippen LogP contribution in [0.2, 0.25) is 0 Å². The number of carbonyl (C=O) groups excluding carboxylic acids is 2. The summed E-state index contributed by atoms with van der Waals surface area (Å²) in [5.41, 5.74) is 4.89. The molecule has 0 amide bonds. The second-order valence-corrected chi connectivity index (χ2v) is 5.81. The summed E-state index contributed by atoms with van der Waals surface area (Å²) in [6.07, 6.45) is 3.13. The van der Waals surface area contributed by atoms with Crippen molar-refractivity contribution in [3.8, 4) is 6.07 Å². The zero-order valence-electron chi connectivity index (χ0n) is 11.0. The SMILES string of the molecule is C=C([NH3+])[C@@H](C#N)C(=O)COC(=O)c1cc2c(s1)CCC2. The van der Waals surface area contributed by atoms with E-state index in [-0.39, 0.29) is 5.70 Å². The van der Waals surface area contributed by atoms with Crippen LogP contribution in [-0.4, -0.2) is 18.4 Å². The van der Waals surface area contributed by atoms with E-state index >= 15 is 0 Å². The average Bonchev–Trinajstić information content (AvgIpc) is 2.96. The first kappa shape index (κ1) is 14.4. The van der Waals surface area contributed by atoms with Crippen molar-refractivity contribution in [2.45, 2.75) is 19.3 Å². The first-order valence-electron chi connectivity index (χ1n) is 6.24. The summed E-state index contributed by atoms with van der Waals surface area (Å²) in [6.45, 7) is 3.05. The number of nitriles is 1. The van der Waals surface area contributed by atoms with Gasteiger partial charge in [-0.2, -0.15) is 5.26 Å². The second-order valence-electron chi connectivity index (χ2n) is 4.68. The van der Waals surface area contributed by atoms with Crippen LogP contribution < -0.4 is 5.73 Å². The number of quaternary nitrogens is 1. The zero-order chi connectivity index (χ0) is 14.7. The fraction of sp³-hybridized carbons (Fsp3) is 0.357. The molecule has 0 aliphatic heterocycles. The molecule has 0 fully saturated rings. The number of nitrogens with zero attached hydrogens (tertiary/aromatic N) is 1. The van der Waals surface area contributed by atoms with E-state index in [0.717, 1.165) is 19.3 Å². The summed E-state index contributed by atoms with van der Waals surface area (Å²) in [5.74, 6) is -2.02. The highest BCUT2D eigenvalue weighted by Crippen LogP contribution is 2.30. The Labute approximate surface area is 120 Å². The number of ether oxygens (including phenoxy) is 1. The summed E-state index contributed by atoms with van der Waals surface area (Å²) >= 11 is 1.42. The summed E-state index contributed by atoms with van der Waals surface area (Å²) in [5, 5.41) is 8.82. The number of hydrogen-bond donors (Lipinski definition) is 1. The standard InChI is InChI=1S/C14H14N2O3S/c1-8(16)10(6-15)11(17)7-19-14(18)13-5-9-3-2-4-12(9)20-13/h5,10H,1-4,7,16H2/p+1/t10-/m1/s1. The van der Waals surface area contributed by atoms with Crippen molar-refractivity contribution >= 4 is 23.1 Å². The molecule has 20 heavy (non-hydrogen) atoms. The molecule has 104 valence electrons. The molecule has 1 heterocycles. The maximum atomic E-state index is 11.9. The Morgan fingerprint density at radius 2 is 2.30 bits per heavy atom. The molecule has 0 saturated heterocycles. The van der Waals surface area contributed by atoms with Crippen molar-refractivity contribution in [2.24, 2.45) is 5.92 Å². The third kappa shape index (κ3) is 2.95. The highest BCUT2D eigenvalue weighted by atomic mass is 32.1. The highest BCUT2D eigenvalue weighted by molar-refractivity contribution is 7.14. The number of allylic oxidation sites excluding steroid dienone is 1. The van der Waals surface area contributed by atoms with Crippen molar-refractivity contribution in [1.29, 1.82) is 5.26 Å². The largest absolute Gasteiger partial charge is 0.453 e. The number of ketones is 1. The van der Waals surface area contributed by atoms with Crippen molar-refractivity contribution in [2.75, 3.05) is 6.61 Å². The minimum absolute atomic E-state index is 0.212. The van der Waals surface area contributed by atoms with Gasteiger partial charge in [-0.1, -0.05) is 0 Å². The van der Waals surface area contributed by atoms with Gasteiger partial charge in [0.25, 0.3) is 0 Å². The first-order chi connectivity index (χ1) is 9.52. The molecule has 0 spiro atoms. The molecular weight excluding hydrogens is 276 g/mol. The molecule has 2 rings (SSSR count). The van der Waals surface area contributed by atoms with E-state index in [2.05, 4.69) is 12.3 Å². The van der Waals surface area contributed by atoms with Crippen LogP contribution in [0.25, 0.3) is 0 Å². The van der Waals surface area contributed by atoms with Gasteiger partial charge in [-0.25, -0.2) is 4.79 Å². The number of carbonyl (C=O) groups is 2. The van der Waals surface area contributed by atoms with Gasteiger partial charge in [-0.3, -0.25) is 4.79 Å². The molecule has 0 radical (unpaired) electrons. The van der Waals surface area contributed by atoms with E-state index < -0.39 is 24.3 Å². The summed E-state index contributed by atoms with van der Waals surface area (Å²) < 4.78 is 4.96. The van der Waals surface area contributed by atoms with Gasteiger partial charge in [-0.15, -0.1) is 11.3 Å². The number of rotatable bonds is 5. The minimum atomic E-state index is -1.02. The lowest BCUT2D eigenvalue weighted by molar-refractivity contribution is -0.309. The van der Waals surface area contributed by atoms with Crippen LogP contribution >= 0.6 is 11.3 Å². The minimum Gasteiger partial charge on any atom is -0.453 e. The van der Waals surface area contributed by atoms with Crippen molar-refractivity contribution in [3.63, 3.8) is 0 Å². The van der Waals surface area contributed by atoms with Gasteiger partial charge in [-0.05, 0) is 37.5 Å². The molecule has 6 heteroatoms. The molecule has 1 aliphatic rings. The summed E-state index contributed by atoms with van der Waals surface area (Å²) in [7, 11) is 0. The van der Waals surface area contributed by atoms with E-state index in [9.17, 15) is 9.59 Å². The molecule has 1 aromatic rings. The van der Waals surface area contributed by atoms with Crippen molar-refractivity contribution in [3.05, 3.63) is 33.7 Å². The average molecular weight is 291 g/mol. The zero-order valence-corrected chi connectivity index (χ0v) is 11.8. The molecule has 0 saturated carbocycles. The first-order valence-corrected chi connectivity index (χ1v) is 7.06. The second kappa shape index (κ2) is 5.99. The maximum absolute atomic E-state index is 11.9. The van der Waals surface area contributed by atoms with Gasteiger partial charge in [0, 0.05) is 4.88 Å². The molecular formula is C14H15N2O3S+. The number of thiophene rings is 1. The van der Waals surface area contributed by atoms with Gasteiger partial charge in [0.05, 0.1) is 6.07 Å². The Morgan fingerprint density at radius 1 is 1.55 bits per heavy atom. The molecule has 1 atom stereocenters. The molecule has 0 aromatic carbocycles. The van der Waals surface area contributed by atoms with E-state index in [4.69, 9.17) is 10.00 Å². The van der Waals surface area contributed by atoms with Crippen LogP contribution in [0, 0.1) is 17.2 Å². The third-order valence-electron chi connectivity index (χ3n) is 3.15. The van der Waals surface area contributed by atoms with Crippen LogP contribution in [0.3, 0.4) is 0 Å². The molecule has 1 aliphatic carbocycles. The molecule has 3 N–H and O–H groups in total. The smallest absolute Gasteiger partial charge is 0.348 e. The summed E-state index contributed by atoms with van der Waals surface area (Å²) in [4.78, 5) is 25.3. The van der Waals surface area contributed by atoms with E-state index in [1.54, 1.807) is 6.07 Å². The molecule has 0 bridgehead atoms. The van der Waals surface area contributed by atoms with Crippen LogP contribution in [-0.2, 0) is 22.4 Å². The predicted octanol–water partition coefficient (Wildman–Crippen LogP) is 0.858. The molecule has 0 unspecified atom stereocenters. The monoisotopic (exact) mass is 291 g/mol. The van der Waals surface area contributed by atoms with Crippen LogP contribution in [0.5, 0.6) is 0 Å². The number of esters is 1. The Bertz CT molecular complexity index is 591. The lowest BCUT2D eigenvalue weighted by atomic mass is 10.0. The van der Waals surface area contributed by atoms with E-state index in [1.807, 2.05) is 6.07 Å². The Morgan fingerprint density at radius 3 is 2.90 bits per heavy atom. The lowest BCUT2D eigenvalue weighted by Gasteiger charge is -2.05. The molecule has 5 nitrogen and oxygen atoms in total. The van der Waals surface area contributed by atoms with Crippen LogP contribution in [0.1, 0.15) is 26.5 Å². The van der Waals surface area contributed by atoms with Gasteiger partial charge < -0.3 is 10.5 Å². The fourth-order valence-corrected chi connectivity index (χ4v) is 3.26. The predicted molar refractivity (Wildman–Crippen MR) is 72.8 cm³/mol. The summed E-state index contributed by atoms with van der Waals surface area (Å²) in [6, 6.07) is 3.63. The van der Waals surface area contributed by atoms with Gasteiger partial charge in [0.15, 0.2) is 18.3 Å². The van der Waals surface area contributed by atoms with Crippen LogP contribution in [0.4, 0.5) is 0 Å². The van der Waals surface area contributed by atoms with Crippen molar-refractivity contribution in [1.82, 2.24) is 0 Å². The van der Waals surface area contributed by atoms with Gasteiger partial charge in [0.1, 0.15) is 10.6 Å². The Balaban J connectivity index is 1.93. The molecule has 1 aromatic heterocycles. The Kier molecular flexibility index (Phi) is 4.32. The van der Waals surface area contributed by atoms with Gasteiger partial charge in [0.2, 0.25) is 0 Å². The van der Waals surface area contributed by atoms with Gasteiger partial charge >= 0.3 is 5.97 Å². The highest BCUT2D eigenvalue weighted by Gasteiger charge is 2.25. The normalized spacial score (nSPS) is 14.2.